The van der Waals surface area contributed by atoms with Gasteiger partial charge in [-0.25, -0.2) is 0 Å². The van der Waals surface area contributed by atoms with E-state index in [1.54, 1.807) is 13.0 Å². The van der Waals surface area contributed by atoms with Crippen LogP contribution >= 0.6 is 11.6 Å². The molecule has 1 amide bonds. The van der Waals surface area contributed by atoms with Crippen LogP contribution in [-0.2, 0) is 4.79 Å². The average molecular weight is 441 g/mol. The Morgan fingerprint density at radius 2 is 1.97 bits per heavy atom. The summed E-state index contributed by atoms with van der Waals surface area (Å²) in [5.41, 5.74) is 2.57. The number of likely N-dealkylation sites (tertiary alicyclic amines) is 1. The van der Waals surface area contributed by atoms with E-state index in [2.05, 4.69) is 15.5 Å². The molecule has 1 aliphatic heterocycles. The summed E-state index contributed by atoms with van der Waals surface area (Å²) >= 11 is 6.32. The van der Waals surface area contributed by atoms with Crippen LogP contribution in [0.5, 0.6) is 5.75 Å². The molecule has 0 spiro atoms. The molecule has 0 bridgehead atoms. The van der Waals surface area contributed by atoms with Gasteiger partial charge in [-0.05, 0) is 62.7 Å². The lowest BCUT2D eigenvalue weighted by molar-refractivity contribution is -0.127. The number of nitrogens with one attached hydrogen (secondary N) is 1. The Labute approximate surface area is 186 Å². The van der Waals surface area contributed by atoms with Gasteiger partial charge in [0.25, 0.3) is 5.89 Å². The summed E-state index contributed by atoms with van der Waals surface area (Å²) in [7, 11) is 0. The monoisotopic (exact) mass is 440 g/mol. The van der Waals surface area contributed by atoms with E-state index in [-0.39, 0.29) is 18.1 Å². The van der Waals surface area contributed by atoms with Crippen LogP contribution in [0, 0.1) is 0 Å². The zero-order valence-electron chi connectivity index (χ0n) is 17.8. The van der Waals surface area contributed by atoms with Crippen LogP contribution < -0.4 is 10.1 Å². The molecule has 162 valence electrons. The second kappa shape index (κ2) is 8.98. The van der Waals surface area contributed by atoms with E-state index >= 15 is 0 Å². The first-order valence-electron chi connectivity index (χ1n) is 10.3. The van der Waals surface area contributed by atoms with Crippen LogP contribution in [-0.4, -0.2) is 46.2 Å². The van der Waals surface area contributed by atoms with Crippen molar-refractivity contribution >= 4 is 23.2 Å². The van der Waals surface area contributed by atoms with E-state index in [1.165, 1.54) is 0 Å². The van der Waals surface area contributed by atoms with Gasteiger partial charge in [-0.2, -0.15) is 4.98 Å². The molecule has 1 saturated heterocycles. The Morgan fingerprint density at radius 3 is 2.61 bits per heavy atom. The molecule has 7 nitrogen and oxygen atoms in total. The normalized spacial score (nSPS) is 16.0. The van der Waals surface area contributed by atoms with E-state index in [1.807, 2.05) is 55.1 Å². The molecule has 1 unspecified atom stereocenters. The van der Waals surface area contributed by atoms with Gasteiger partial charge in [-0.1, -0.05) is 16.8 Å². The summed E-state index contributed by atoms with van der Waals surface area (Å²) in [4.78, 5) is 17.9. The largest absolute Gasteiger partial charge is 0.489 e. The van der Waals surface area contributed by atoms with Gasteiger partial charge in [-0.15, -0.1) is 0 Å². The lowest BCUT2D eigenvalue weighted by atomic mass is 10.1. The van der Waals surface area contributed by atoms with Crippen LogP contribution in [0.15, 0.2) is 47.0 Å². The second-order valence-electron chi connectivity index (χ2n) is 7.91. The van der Waals surface area contributed by atoms with Crippen LogP contribution in [0.1, 0.15) is 27.2 Å². The number of anilines is 1. The van der Waals surface area contributed by atoms with Crippen molar-refractivity contribution in [1.29, 1.82) is 0 Å². The van der Waals surface area contributed by atoms with Crippen molar-refractivity contribution in [2.24, 2.45) is 0 Å². The number of halogens is 1. The predicted octanol–water partition coefficient (Wildman–Crippen LogP) is 4.88. The molecule has 8 heteroatoms. The molecule has 0 saturated carbocycles. The molecular formula is C23H25ClN4O3. The first-order chi connectivity index (χ1) is 14.9. The van der Waals surface area contributed by atoms with Gasteiger partial charge in [0.2, 0.25) is 11.7 Å². The molecule has 2 heterocycles. The number of amides is 1. The van der Waals surface area contributed by atoms with Gasteiger partial charge < -0.3 is 19.5 Å². The van der Waals surface area contributed by atoms with Gasteiger partial charge in [0.15, 0.2) is 0 Å². The highest BCUT2D eigenvalue weighted by Gasteiger charge is 2.23. The minimum atomic E-state index is 0.0410. The van der Waals surface area contributed by atoms with E-state index in [4.69, 9.17) is 20.9 Å². The van der Waals surface area contributed by atoms with Crippen LogP contribution in [0.25, 0.3) is 22.8 Å². The number of nitrogens with zero attached hydrogens (tertiary/aromatic N) is 3. The summed E-state index contributed by atoms with van der Waals surface area (Å²) in [5, 5.41) is 8.06. The molecule has 0 aliphatic carbocycles. The first kappa shape index (κ1) is 21.2. The van der Waals surface area contributed by atoms with Crippen LogP contribution in [0.4, 0.5) is 5.69 Å². The maximum absolute atomic E-state index is 11.5. The number of aromatic nitrogens is 2. The Kier molecular flexibility index (Phi) is 6.13. The topological polar surface area (TPSA) is 80.5 Å². The molecule has 1 fully saturated rings. The summed E-state index contributed by atoms with van der Waals surface area (Å²) in [6, 6.07) is 13.5. The van der Waals surface area contributed by atoms with E-state index < -0.39 is 0 Å². The Hall–Kier alpha value is -3.06. The highest BCUT2D eigenvalue weighted by Crippen LogP contribution is 2.31. The summed E-state index contributed by atoms with van der Waals surface area (Å²) in [5.74, 6) is 1.64. The zero-order valence-corrected chi connectivity index (χ0v) is 18.5. The third kappa shape index (κ3) is 4.99. The second-order valence-corrected chi connectivity index (χ2v) is 8.31. The standard InChI is InChI=1S/C23H25ClN4O3/c1-14(2)30-21-9-6-17(12-20(21)24)22-26-23(31-27-22)16-4-7-18(8-5-16)25-19-10-11-28(13-19)15(3)29/h4-9,12,14,19,25H,10-11,13H2,1-3H3. The maximum atomic E-state index is 11.5. The first-order valence-corrected chi connectivity index (χ1v) is 10.7. The molecule has 1 aliphatic rings. The molecular weight excluding hydrogens is 416 g/mol. The molecule has 4 rings (SSSR count). The molecule has 1 atom stereocenters. The fourth-order valence-electron chi connectivity index (χ4n) is 3.56. The van der Waals surface area contributed by atoms with Gasteiger partial charge in [0, 0.05) is 42.9 Å². The highest BCUT2D eigenvalue weighted by molar-refractivity contribution is 6.32. The number of carbonyl (C=O) groups excluding carboxylic acids is 1. The predicted molar refractivity (Wildman–Crippen MR) is 120 cm³/mol. The minimum Gasteiger partial charge on any atom is -0.489 e. The van der Waals surface area contributed by atoms with Crippen LogP contribution in [0.2, 0.25) is 5.02 Å². The SMILES string of the molecule is CC(=O)N1CCC(Nc2ccc(-c3nc(-c4ccc(OC(C)C)c(Cl)c4)no3)cc2)C1. The van der Waals surface area contributed by atoms with E-state index in [0.29, 0.717) is 22.5 Å². The van der Waals surface area contributed by atoms with Crippen molar-refractivity contribution < 1.29 is 14.1 Å². The maximum Gasteiger partial charge on any atom is 0.258 e. The lowest BCUT2D eigenvalue weighted by Crippen LogP contribution is -2.29. The zero-order chi connectivity index (χ0) is 22.0. The lowest BCUT2D eigenvalue weighted by Gasteiger charge is -2.16. The molecule has 31 heavy (non-hydrogen) atoms. The van der Waals surface area contributed by atoms with E-state index in [0.717, 1.165) is 36.3 Å². The number of carbonyl (C=O) groups is 1. The van der Waals surface area contributed by atoms with Crippen molar-refractivity contribution in [2.45, 2.75) is 39.3 Å². The number of hydrogen-bond donors (Lipinski definition) is 1. The quantitative estimate of drug-likeness (QED) is 0.588. The van der Waals surface area contributed by atoms with Gasteiger partial charge in [0.1, 0.15) is 5.75 Å². The van der Waals surface area contributed by atoms with Gasteiger partial charge in [0.05, 0.1) is 11.1 Å². The fraction of sp³-hybridized carbons (Fsp3) is 0.348. The van der Waals surface area contributed by atoms with Gasteiger partial charge in [-0.3, -0.25) is 4.79 Å². The Morgan fingerprint density at radius 1 is 1.23 bits per heavy atom. The number of rotatable bonds is 6. The van der Waals surface area contributed by atoms with Crippen molar-refractivity contribution in [1.82, 2.24) is 15.0 Å². The molecule has 1 N–H and O–H groups in total. The Bertz CT molecular complexity index is 1060. The summed E-state index contributed by atoms with van der Waals surface area (Å²) in [6.07, 6.45) is 0.983. The third-order valence-electron chi connectivity index (χ3n) is 5.11. The van der Waals surface area contributed by atoms with Crippen molar-refractivity contribution in [2.75, 3.05) is 18.4 Å². The van der Waals surface area contributed by atoms with Crippen LogP contribution in [0.3, 0.4) is 0 Å². The molecule has 0 radical (unpaired) electrons. The van der Waals surface area contributed by atoms with Gasteiger partial charge >= 0.3 is 0 Å². The number of hydrogen-bond acceptors (Lipinski definition) is 6. The van der Waals surface area contributed by atoms with Crippen molar-refractivity contribution in [3.05, 3.63) is 47.5 Å². The molecule has 3 aromatic rings. The minimum absolute atomic E-state index is 0.0410. The fourth-order valence-corrected chi connectivity index (χ4v) is 3.78. The number of ether oxygens (including phenoxy) is 1. The highest BCUT2D eigenvalue weighted by atomic mass is 35.5. The number of benzene rings is 2. The molecule has 2 aromatic carbocycles. The Balaban J connectivity index is 1.43. The van der Waals surface area contributed by atoms with E-state index in [9.17, 15) is 4.79 Å². The van der Waals surface area contributed by atoms with Crippen molar-refractivity contribution in [3.8, 4) is 28.6 Å². The smallest absolute Gasteiger partial charge is 0.258 e. The third-order valence-corrected chi connectivity index (χ3v) is 5.41. The van der Waals surface area contributed by atoms with Crippen molar-refractivity contribution in [3.63, 3.8) is 0 Å². The summed E-state index contributed by atoms with van der Waals surface area (Å²) < 4.78 is 11.1. The molecule has 1 aromatic heterocycles. The summed E-state index contributed by atoms with van der Waals surface area (Å²) in [6.45, 7) is 7.03. The average Bonchev–Trinajstić information content (AvgIpc) is 3.40.